The molecule has 3 rings (SSSR count). The predicted octanol–water partition coefficient (Wildman–Crippen LogP) is 5.02. The van der Waals surface area contributed by atoms with Crippen LogP contribution >= 0.6 is 35.0 Å². The number of benzene rings is 2. The van der Waals surface area contributed by atoms with Gasteiger partial charge in [0, 0.05) is 26.1 Å². The fraction of sp³-hybridized carbons (Fsp3) is 0.0625. The first-order chi connectivity index (χ1) is 11.5. The van der Waals surface area contributed by atoms with Crippen molar-refractivity contribution in [3.8, 4) is 11.5 Å². The molecule has 0 aliphatic carbocycles. The fourth-order valence-electron chi connectivity index (χ4n) is 1.98. The largest absolute Gasteiger partial charge is 0.403 e. The maximum Gasteiger partial charge on any atom is 0.322 e. The first-order valence-corrected chi connectivity index (χ1v) is 8.78. The smallest absolute Gasteiger partial charge is 0.322 e. The van der Waals surface area contributed by atoms with Gasteiger partial charge < -0.3 is 4.42 Å². The van der Waals surface area contributed by atoms with Crippen LogP contribution in [0.1, 0.15) is 10.4 Å². The number of nitrogens with zero attached hydrogens (tertiary/aromatic N) is 2. The van der Waals surface area contributed by atoms with Crippen molar-refractivity contribution in [1.82, 2.24) is 10.2 Å². The van der Waals surface area contributed by atoms with Gasteiger partial charge in [0.2, 0.25) is 5.89 Å². The highest BCUT2D eigenvalue weighted by Gasteiger charge is 2.13. The highest BCUT2D eigenvalue weighted by molar-refractivity contribution is 7.98. The molecule has 8 heteroatoms. The lowest BCUT2D eigenvalue weighted by Gasteiger charge is -2.02. The summed E-state index contributed by atoms with van der Waals surface area (Å²) in [5.41, 5.74) is 1.07. The van der Waals surface area contributed by atoms with Crippen molar-refractivity contribution in [2.24, 2.45) is 0 Å². The highest BCUT2D eigenvalue weighted by atomic mass is 35.5. The molecule has 0 fully saturated rings. The normalized spacial score (nSPS) is 10.6. The van der Waals surface area contributed by atoms with Gasteiger partial charge in [-0.3, -0.25) is 10.1 Å². The standard InChI is InChI=1S/C16H11Cl2N3O2S/c1-24-13-4-2-9(3-5-13)14(22)19-16-21-20-15(23-16)10-6-11(17)8-12(18)7-10/h2-8H,1H3,(H,19,21,22). The van der Waals surface area contributed by atoms with E-state index < -0.39 is 0 Å². The minimum absolute atomic E-state index is 0.0000380. The van der Waals surface area contributed by atoms with Crippen LogP contribution in [-0.2, 0) is 0 Å². The van der Waals surface area contributed by atoms with Crippen LogP contribution in [0.2, 0.25) is 10.0 Å². The van der Waals surface area contributed by atoms with Crippen molar-refractivity contribution in [3.63, 3.8) is 0 Å². The van der Waals surface area contributed by atoms with E-state index in [4.69, 9.17) is 27.6 Å². The van der Waals surface area contributed by atoms with Gasteiger partial charge >= 0.3 is 6.01 Å². The number of thioether (sulfide) groups is 1. The molecule has 0 saturated heterocycles. The number of hydrogen-bond donors (Lipinski definition) is 1. The molecule has 0 atom stereocenters. The number of aromatic nitrogens is 2. The third kappa shape index (κ3) is 3.90. The van der Waals surface area contributed by atoms with Crippen LogP contribution in [0.25, 0.3) is 11.5 Å². The zero-order valence-corrected chi connectivity index (χ0v) is 14.7. The van der Waals surface area contributed by atoms with Gasteiger partial charge in [-0.15, -0.1) is 16.9 Å². The lowest BCUT2D eigenvalue weighted by atomic mass is 10.2. The molecule has 0 aliphatic heterocycles. The molecule has 1 N–H and O–H groups in total. The summed E-state index contributed by atoms with van der Waals surface area (Å²) in [5, 5.41) is 11.2. The first kappa shape index (κ1) is 16.8. The molecule has 1 amide bonds. The quantitative estimate of drug-likeness (QED) is 0.644. The Labute approximate surface area is 152 Å². The Morgan fingerprint density at radius 1 is 1.08 bits per heavy atom. The molecule has 2 aromatic carbocycles. The Morgan fingerprint density at radius 3 is 2.38 bits per heavy atom. The Kier molecular flexibility index (Phi) is 5.08. The zero-order valence-electron chi connectivity index (χ0n) is 12.4. The number of carbonyl (C=O) groups excluding carboxylic acids is 1. The van der Waals surface area contributed by atoms with Crippen molar-refractivity contribution >= 4 is 46.9 Å². The van der Waals surface area contributed by atoms with E-state index >= 15 is 0 Å². The summed E-state index contributed by atoms with van der Waals surface area (Å²) in [7, 11) is 0. The molecule has 1 heterocycles. The summed E-state index contributed by atoms with van der Waals surface area (Å²) in [6.07, 6.45) is 1.97. The van der Waals surface area contributed by atoms with E-state index in [1.165, 1.54) is 0 Å². The number of carbonyl (C=O) groups is 1. The topological polar surface area (TPSA) is 68.0 Å². The summed E-state index contributed by atoms with van der Waals surface area (Å²) in [6.45, 7) is 0. The summed E-state index contributed by atoms with van der Waals surface area (Å²) in [6, 6.07) is 12.1. The van der Waals surface area contributed by atoms with Crippen LogP contribution < -0.4 is 5.32 Å². The van der Waals surface area contributed by atoms with Crippen molar-refractivity contribution < 1.29 is 9.21 Å². The average Bonchev–Trinajstić information content (AvgIpc) is 3.02. The van der Waals surface area contributed by atoms with Crippen molar-refractivity contribution in [3.05, 3.63) is 58.1 Å². The minimum atomic E-state index is -0.332. The lowest BCUT2D eigenvalue weighted by molar-refractivity contribution is 0.102. The molecule has 0 bridgehead atoms. The molecular formula is C16H11Cl2N3O2S. The molecule has 5 nitrogen and oxygen atoms in total. The van der Waals surface area contributed by atoms with E-state index in [0.29, 0.717) is 21.2 Å². The molecule has 1 aromatic heterocycles. The second kappa shape index (κ2) is 7.25. The number of halogens is 2. The number of hydrogen-bond acceptors (Lipinski definition) is 5. The Morgan fingerprint density at radius 2 is 1.75 bits per heavy atom. The first-order valence-electron chi connectivity index (χ1n) is 6.80. The van der Waals surface area contributed by atoms with E-state index in [9.17, 15) is 4.79 Å². The number of amides is 1. The maximum atomic E-state index is 12.2. The van der Waals surface area contributed by atoms with Crippen LogP contribution in [0.3, 0.4) is 0 Å². The predicted molar refractivity (Wildman–Crippen MR) is 95.9 cm³/mol. The monoisotopic (exact) mass is 379 g/mol. The fourth-order valence-corrected chi connectivity index (χ4v) is 2.91. The molecular weight excluding hydrogens is 369 g/mol. The molecule has 0 spiro atoms. The van der Waals surface area contributed by atoms with Crippen LogP contribution in [-0.4, -0.2) is 22.4 Å². The SMILES string of the molecule is CSc1ccc(C(=O)Nc2nnc(-c3cc(Cl)cc(Cl)c3)o2)cc1. The van der Waals surface area contributed by atoms with Crippen LogP contribution in [0, 0.1) is 0 Å². The van der Waals surface area contributed by atoms with Gasteiger partial charge in [0.15, 0.2) is 0 Å². The van der Waals surface area contributed by atoms with Crippen molar-refractivity contribution in [2.45, 2.75) is 4.90 Å². The van der Waals surface area contributed by atoms with Gasteiger partial charge in [0.1, 0.15) is 0 Å². The third-order valence-electron chi connectivity index (χ3n) is 3.11. The molecule has 0 unspecified atom stereocenters. The second-order valence-corrected chi connectivity index (χ2v) is 6.51. The molecule has 0 radical (unpaired) electrons. The van der Waals surface area contributed by atoms with Crippen molar-refractivity contribution in [2.75, 3.05) is 11.6 Å². The summed E-state index contributed by atoms with van der Waals surface area (Å²) >= 11 is 13.5. The Bertz CT molecular complexity index is 861. The van der Waals surface area contributed by atoms with E-state index in [-0.39, 0.29) is 17.8 Å². The molecule has 0 aliphatic rings. The lowest BCUT2D eigenvalue weighted by Crippen LogP contribution is -2.11. The van der Waals surface area contributed by atoms with Gasteiger partial charge in [-0.1, -0.05) is 28.3 Å². The van der Waals surface area contributed by atoms with Crippen LogP contribution in [0.5, 0.6) is 0 Å². The van der Waals surface area contributed by atoms with E-state index in [0.717, 1.165) is 4.90 Å². The number of anilines is 1. The number of nitrogens with one attached hydrogen (secondary N) is 1. The Hall–Kier alpha value is -2.02. The summed E-state index contributed by atoms with van der Waals surface area (Å²) < 4.78 is 5.44. The minimum Gasteiger partial charge on any atom is -0.403 e. The highest BCUT2D eigenvalue weighted by Crippen LogP contribution is 2.27. The summed E-state index contributed by atoms with van der Waals surface area (Å²) in [4.78, 5) is 13.3. The van der Waals surface area contributed by atoms with Crippen molar-refractivity contribution in [1.29, 1.82) is 0 Å². The molecule has 0 saturated carbocycles. The molecule has 122 valence electrons. The van der Waals surface area contributed by atoms with E-state index in [1.807, 2.05) is 18.4 Å². The number of rotatable bonds is 4. The van der Waals surface area contributed by atoms with E-state index in [2.05, 4.69) is 15.5 Å². The van der Waals surface area contributed by atoms with Gasteiger partial charge in [0.05, 0.1) is 0 Å². The molecule has 3 aromatic rings. The van der Waals surface area contributed by atoms with Crippen LogP contribution in [0.4, 0.5) is 6.01 Å². The zero-order chi connectivity index (χ0) is 17.1. The van der Waals surface area contributed by atoms with Crippen LogP contribution in [0.15, 0.2) is 51.8 Å². The Balaban J connectivity index is 1.76. The van der Waals surface area contributed by atoms with Gasteiger partial charge in [-0.05, 0) is 48.7 Å². The maximum absolute atomic E-state index is 12.2. The van der Waals surface area contributed by atoms with Gasteiger partial charge in [-0.2, -0.15) is 0 Å². The summed E-state index contributed by atoms with van der Waals surface area (Å²) in [5.74, 6) is -0.116. The second-order valence-electron chi connectivity index (χ2n) is 4.75. The van der Waals surface area contributed by atoms with Gasteiger partial charge in [-0.25, -0.2) is 0 Å². The molecule has 24 heavy (non-hydrogen) atoms. The van der Waals surface area contributed by atoms with E-state index in [1.54, 1.807) is 42.1 Å². The third-order valence-corrected chi connectivity index (χ3v) is 4.29. The van der Waals surface area contributed by atoms with Gasteiger partial charge in [0.25, 0.3) is 5.91 Å². The average molecular weight is 380 g/mol.